The van der Waals surface area contributed by atoms with E-state index in [9.17, 15) is 0 Å². The van der Waals surface area contributed by atoms with Crippen molar-refractivity contribution in [3.63, 3.8) is 0 Å². The van der Waals surface area contributed by atoms with E-state index in [0.717, 1.165) is 38.9 Å². The molecule has 0 amide bonds. The first kappa shape index (κ1) is 34.5. The van der Waals surface area contributed by atoms with Crippen molar-refractivity contribution in [2.45, 2.75) is 0 Å². The van der Waals surface area contributed by atoms with E-state index in [2.05, 4.69) is 243 Å². The molecule has 56 heavy (non-hydrogen) atoms. The maximum Gasteiger partial charge on any atom is -0.000139 e. The molecule has 264 valence electrons. The second-order valence-corrected chi connectivity index (χ2v) is 13.9. The fourth-order valence-electron chi connectivity index (χ4n) is 8.15. The summed E-state index contributed by atoms with van der Waals surface area (Å²) in [5, 5.41) is 0. The number of rotatable bonds is 9. The first-order chi connectivity index (χ1) is 27.9. The van der Waals surface area contributed by atoms with Crippen LogP contribution in [0.15, 0.2) is 243 Å². The lowest BCUT2D eigenvalue weighted by Gasteiger charge is -2.31. The Morgan fingerprint density at radius 2 is 0.375 bits per heavy atom. The summed E-state index contributed by atoms with van der Waals surface area (Å²) in [4.78, 5) is 0. The molecule has 9 rings (SSSR count). The Bertz CT molecular complexity index is 2560. The van der Waals surface area contributed by atoms with Crippen LogP contribution in [0.3, 0.4) is 0 Å². The number of hydrogen-bond donors (Lipinski definition) is 0. The lowest BCUT2D eigenvalue weighted by Crippen LogP contribution is -2.07. The van der Waals surface area contributed by atoms with Crippen LogP contribution in [-0.2, 0) is 0 Å². The van der Waals surface area contributed by atoms with Gasteiger partial charge in [0.2, 0.25) is 0 Å². The molecule has 0 aromatic heterocycles. The van der Waals surface area contributed by atoms with Crippen LogP contribution in [0, 0.1) is 0 Å². The Hall–Kier alpha value is -7.28. The second-order valence-electron chi connectivity index (χ2n) is 13.9. The van der Waals surface area contributed by atoms with Crippen LogP contribution in [-0.4, -0.2) is 0 Å². The molecule has 0 unspecified atom stereocenters. The molecule has 0 N–H and O–H groups in total. The van der Waals surface area contributed by atoms with E-state index in [-0.39, 0.29) is 0 Å². The third-order valence-electron chi connectivity index (χ3n) is 10.5. The summed E-state index contributed by atoms with van der Waals surface area (Å²) < 4.78 is 0. The van der Waals surface area contributed by atoms with Gasteiger partial charge in [0, 0.05) is 0 Å². The third-order valence-corrected chi connectivity index (χ3v) is 10.5. The normalized spacial score (nSPS) is 10.9. The zero-order valence-corrected chi connectivity index (χ0v) is 31.1. The Labute approximate surface area is 330 Å². The van der Waals surface area contributed by atoms with Gasteiger partial charge in [-0.15, -0.1) is 0 Å². The van der Waals surface area contributed by atoms with Crippen molar-refractivity contribution in [3.05, 3.63) is 265 Å². The summed E-state index contributed by atoms with van der Waals surface area (Å²) >= 11 is 0. The van der Waals surface area contributed by atoms with E-state index in [1.807, 2.05) is 0 Å². The topological polar surface area (TPSA) is 0 Å². The molecule has 0 saturated carbocycles. The average Bonchev–Trinajstić information content (AvgIpc) is 3.29. The van der Waals surface area contributed by atoms with Gasteiger partial charge < -0.3 is 0 Å². The minimum Gasteiger partial charge on any atom is -0.0622 e. The second kappa shape index (κ2) is 16.0. The van der Waals surface area contributed by atoms with Gasteiger partial charge in [0.05, 0.1) is 0 Å². The fourth-order valence-corrected chi connectivity index (χ4v) is 8.15. The van der Waals surface area contributed by atoms with Crippen molar-refractivity contribution in [1.82, 2.24) is 0 Å². The van der Waals surface area contributed by atoms with Crippen LogP contribution in [0.5, 0.6) is 0 Å². The van der Waals surface area contributed by atoms with E-state index < -0.39 is 0 Å². The molecular formula is C56H40. The highest BCUT2D eigenvalue weighted by Crippen LogP contribution is 2.56. The predicted octanol–water partition coefficient (Wildman–Crippen LogP) is 15.0. The smallest absolute Gasteiger partial charge is 0.000139 e. The zero-order chi connectivity index (χ0) is 37.5. The molecule has 0 atom stereocenters. The van der Waals surface area contributed by atoms with Gasteiger partial charge in [-0.1, -0.05) is 243 Å². The van der Waals surface area contributed by atoms with Crippen LogP contribution in [0.2, 0.25) is 0 Å². The molecule has 0 aliphatic rings. The van der Waals surface area contributed by atoms with Gasteiger partial charge in [-0.3, -0.25) is 0 Å². The van der Waals surface area contributed by atoms with Gasteiger partial charge in [-0.2, -0.15) is 0 Å². The van der Waals surface area contributed by atoms with Gasteiger partial charge in [-0.05, 0) is 89.0 Å². The molecule has 9 aromatic carbocycles. The van der Waals surface area contributed by atoms with E-state index >= 15 is 0 Å². The SMILES string of the molecule is c1ccc(C(=C(c2ccccc2)c2c(-c3ccccc3)c(-c3ccccc3)c(-c3ccccc3)c(-c3ccccc3)c2-c2ccccc2)c2ccccc2)cc1. The quantitative estimate of drug-likeness (QED) is 0.131. The highest BCUT2D eigenvalue weighted by molar-refractivity contribution is 6.18. The van der Waals surface area contributed by atoms with Crippen LogP contribution >= 0.6 is 0 Å². The van der Waals surface area contributed by atoms with Crippen molar-refractivity contribution < 1.29 is 0 Å². The van der Waals surface area contributed by atoms with Crippen molar-refractivity contribution in [2.75, 3.05) is 0 Å². The van der Waals surface area contributed by atoms with E-state index in [0.29, 0.717) is 0 Å². The first-order valence-electron chi connectivity index (χ1n) is 19.3. The monoisotopic (exact) mass is 712 g/mol. The lowest BCUT2D eigenvalue weighted by molar-refractivity contribution is 1.47. The van der Waals surface area contributed by atoms with Crippen LogP contribution in [0.1, 0.15) is 22.3 Å². The molecule has 0 saturated heterocycles. The Morgan fingerprint density at radius 1 is 0.179 bits per heavy atom. The zero-order valence-electron chi connectivity index (χ0n) is 31.1. The summed E-state index contributed by atoms with van der Waals surface area (Å²) in [5.41, 5.74) is 18.8. The molecule has 0 aliphatic carbocycles. The summed E-state index contributed by atoms with van der Waals surface area (Å²) in [7, 11) is 0. The van der Waals surface area contributed by atoms with Crippen molar-refractivity contribution in [3.8, 4) is 55.6 Å². The molecule has 0 heterocycles. The molecule has 9 aromatic rings. The molecule has 0 aliphatic heterocycles. The molecule has 0 radical (unpaired) electrons. The summed E-state index contributed by atoms with van der Waals surface area (Å²) in [6.45, 7) is 0. The molecule has 0 nitrogen and oxygen atoms in total. The van der Waals surface area contributed by atoms with Gasteiger partial charge in [0.15, 0.2) is 0 Å². The van der Waals surface area contributed by atoms with Crippen LogP contribution in [0.25, 0.3) is 66.8 Å². The molecule has 0 fully saturated rings. The number of hydrogen-bond acceptors (Lipinski definition) is 0. The van der Waals surface area contributed by atoms with Gasteiger partial charge >= 0.3 is 0 Å². The molecular weight excluding hydrogens is 673 g/mol. The van der Waals surface area contributed by atoms with Crippen LogP contribution < -0.4 is 0 Å². The molecule has 0 bridgehead atoms. The average molecular weight is 713 g/mol. The minimum atomic E-state index is 1.15. The van der Waals surface area contributed by atoms with E-state index in [1.54, 1.807) is 0 Å². The maximum atomic E-state index is 2.28. The summed E-state index contributed by atoms with van der Waals surface area (Å²) in [5.74, 6) is 0. The largest absolute Gasteiger partial charge is 0.0622 e. The van der Waals surface area contributed by atoms with Crippen LogP contribution in [0.4, 0.5) is 0 Å². The highest BCUT2D eigenvalue weighted by Gasteiger charge is 2.31. The first-order valence-corrected chi connectivity index (χ1v) is 19.3. The van der Waals surface area contributed by atoms with Gasteiger partial charge in [0.25, 0.3) is 0 Å². The fraction of sp³-hybridized carbons (Fsp3) is 0. The van der Waals surface area contributed by atoms with Gasteiger partial charge in [-0.25, -0.2) is 0 Å². The number of benzene rings is 9. The van der Waals surface area contributed by atoms with E-state index in [1.165, 1.54) is 50.1 Å². The summed E-state index contributed by atoms with van der Waals surface area (Å²) in [6.07, 6.45) is 0. The van der Waals surface area contributed by atoms with Gasteiger partial charge in [0.1, 0.15) is 0 Å². The summed E-state index contributed by atoms with van der Waals surface area (Å²) in [6, 6.07) is 87.9. The third kappa shape index (κ3) is 6.70. The highest BCUT2D eigenvalue weighted by atomic mass is 14.3. The Kier molecular flexibility index (Phi) is 9.84. The predicted molar refractivity (Wildman–Crippen MR) is 238 cm³/mol. The Morgan fingerprint density at radius 3 is 0.643 bits per heavy atom. The van der Waals surface area contributed by atoms with Crippen molar-refractivity contribution in [2.24, 2.45) is 0 Å². The maximum absolute atomic E-state index is 2.28. The van der Waals surface area contributed by atoms with Crippen molar-refractivity contribution in [1.29, 1.82) is 0 Å². The lowest BCUT2D eigenvalue weighted by atomic mass is 9.71. The molecule has 0 spiro atoms. The molecule has 0 heteroatoms. The Balaban J connectivity index is 1.65. The van der Waals surface area contributed by atoms with E-state index in [4.69, 9.17) is 0 Å². The van der Waals surface area contributed by atoms with Crippen molar-refractivity contribution >= 4 is 11.1 Å². The standard InChI is InChI=1S/C56H40/c1-9-25-41(26-10-1)49(42-27-11-2-12-28-42)50(43-29-13-3-14-30-43)56-54(47-37-21-7-22-38-47)52(45-33-17-5-18-34-45)51(44-31-15-4-16-32-44)53(46-35-19-6-20-36-46)55(56)48-39-23-8-24-40-48/h1-40H. The minimum absolute atomic E-state index is 1.15.